The zero-order chi connectivity index (χ0) is 19.5. The summed E-state index contributed by atoms with van der Waals surface area (Å²) < 4.78 is 11.0. The molecule has 0 aromatic heterocycles. The van der Waals surface area contributed by atoms with Gasteiger partial charge in [0.05, 0.1) is 5.56 Å². The Hall–Kier alpha value is -3.37. The number of hydrogen-bond acceptors (Lipinski definition) is 4. The molecule has 1 aliphatic heterocycles. The molecule has 0 spiro atoms. The minimum absolute atomic E-state index is 0.0345. The van der Waals surface area contributed by atoms with Crippen LogP contribution in [0.5, 0.6) is 11.5 Å². The zero-order valence-corrected chi connectivity index (χ0v) is 15.5. The second-order valence-electron chi connectivity index (χ2n) is 6.26. The van der Waals surface area contributed by atoms with Gasteiger partial charge in [-0.1, -0.05) is 54.1 Å². The zero-order valence-electron chi connectivity index (χ0n) is 14.7. The predicted molar refractivity (Wildman–Crippen MR) is 107 cm³/mol. The normalized spacial score (nSPS) is 14.5. The van der Waals surface area contributed by atoms with Crippen molar-refractivity contribution in [2.45, 2.75) is 6.61 Å². The van der Waals surface area contributed by atoms with E-state index in [4.69, 9.17) is 21.1 Å². The van der Waals surface area contributed by atoms with Gasteiger partial charge in [-0.2, -0.15) is 0 Å². The predicted octanol–water partition coefficient (Wildman–Crippen LogP) is 5.10. The van der Waals surface area contributed by atoms with E-state index in [0.29, 0.717) is 22.9 Å². The summed E-state index contributed by atoms with van der Waals surface area (Å²) in [4.78, 5) is 24.9. The maximum Gasteiger partial charge on any atom is 0.347 e. The van der Waals surface area contributed by atoms with Crippen LogP contribution in [0.15, 0.2) is 78.4 Å². The molecular formula is C23H15ClO4. The first-order valence-electron chi connectivity index (χ1n) is 8.65. The van der Waals surface area contributed by atoms with Gasteiger partial charge in [0.25, 0.3) is 0 Å². The van der Waals surface area contributed by atoms with E-state index >= 15 is 0 Å². The number of ketones is 1. The van der Waals surface area contributed by atoms with Crippen molar-refractivity contribution in [1.29, 1.82) is 0 Å². The molecule has 0 fully saturated rings. The first kappa shape index (κ1) is 18.0. The number of carbonyl (C=O) groups excluding carboxylic acids is 2. The molecule has 3 aromatic carbocycles. The molecule has 0 bridgehead atoms. The summed E-state index contributed by atoms with van der Waals surface area (Å²) in [6.07, 6.45) is 1.51. The lowest BCUT2D eigenvalue weighted by Crippen LogP contribution is -2.25. The van der Waals surface area contributed by atoms with Gasteiger partial charge in [-0.25, -0.2) is 4.79 Å². The molecule has 0 unspecified atom stereocenters. The number of Topliss-reactive ketones (excluding diaryl/α,β-unsaturated/α-hetero) is 1. The number of carbonyl (C=O) groups is 2. The van der Waals surface area contributed by atoms with Crippen LogP contribution in [0, 0.1) is 0 Å². The fraction of sp³-hybridized carbons (Fsp3) is 0.0435. The van der Waals surface area contributed by atoms with Crippen LogP contribution in [0.1, 0.15) is 21.5 Å². The highest BCUT2D eigenvalue weighted by Gasteiger charge is 2.30. The number of fused-ring (bicyclic) bond motifs is 1. The van der Waals surface area contributed by atoms with Crippen molar-refractivity contribution in [3.63, 3.8) is 0 Å². The van der Waals surface area contributed by atoms with Crippen molar-refractivity contribution in [3.05, 3.63) is 100 Å². The minimum atomic E-state index is -0.677. The molecule has 0 saturated heterocycles. The largest absolute Gasteiger partial charge is 0.489 e. The molecule has 0 saturated carbocycles. The van der Waals surface area contributed by atoms with E-state index in [2.05, 4.69) is 0 Å². The average Bonchev–Trinajstić information content (AvgIpc) is 2.72. The molecule has 1 aliphatic rings. The van der Waals surface area contributed by atoms with Gasteiger partial charge in [0.1, 0.15) is 23.7 Å². The Kier molecular flexibility index (Phi) is 4.96. The molecule has 4 nitrogen and oxygen atoms in total. The summed E-state index contributed by atoms with van der Waals surface area (Å²) in [6.45, 7) is 0.462. The molecule has 0 atom stereocenters. The third kappa shape index (κ3) is 3.82. The maximum atomic E-state index is 12.7. The van der Waals surface area contributed by atoms with Crippen LogP contribution in [0.4, 0.5) is 0 Å². The van der Waals surface area contributed by atoms with E-state index in [9.17, 15) is 9.59 Å². The molecule has 0 N–H and O–H groups in total. The molecule has 138 valence electrons. The number of esters is 1. The van der Waals surface area contributed by atoms with Crippen molar-refractivity contribution in [2.75, 3.05) is 0 Å². The highest BCUT2D eigenvalue weighted by molar-refractivity contribution is 6.33. The van der Waals surface area contributed by atoms with Crippen molar-refractivity contribution in [1.82, 2.24) is 0 Å². The van der Waals surface area contributed by atoms with Gasteiger partial charge in [-0.15, -0.1) is 0 Å². The van der Waals surface area contributed by atoms with E-state index in [-0.39, 0.29) is 16.9 Å². The third-order valence-electron chi connectivity index (χ3n) is 4.29. The number of rotatable bonds is 4. The van der Waals surface area contributed by atoms with E-state index in [1.807, 2.05) is 30.3 Å². The smallest absolute Gasteiger partial charge is 0.347 e. The van der Waals surface area contributed by atoms with Gasteiger partial charge in [0.2, 0.25) is 5.78 Å². The number of benzene rings is 3. The summed E-state index contributed by atoms with van der Waals surface area (Å²) in [5.74, 6) is -0.163. The number of halogens is 1. The molecule has 0 radical (unpaired) electrons. The van der Waals surface area contributed by atoms with Crippen LogP contribution in [0.2, 0.25) is 5.02 Å². The summed E-state index contributed by atoms with van der Waals surface area (Å²) >= 11 is 5.95. The van der Waals surface area contributed by atoms with Crippen LogP contribution < -0.4 is 9.47 Å². The van der Waals surface area contributed by atoms with Crippen LogP contribution in [0.25, 0.3) is 6.08 Å². The lowest BCUT2D eigenvalue weighted by Gasteiger charge is -2.17. The average molecular weight is 391 g/mol. The fourth-order valence-electron chi connectivity index (χ4n) is 2.85. The van der Waals surface area contributed by atoms with Gasteiger partial charge in [-0.05, 0) is 47.5 Å². The van der Waals surface area contributed by atoms with Crippen molar-refractivity contribution in [2.24, 2.45) is 0 Å². The summed E-state index contributed by atoms with van der Waals surface area (Å²) in [5, 5.41) is 0.407. The molecule has 3 aromatic rings. The summed E-state index contributed by atoms with van der Waals surface area (Å²) in [5.41, 5.74) is 2.01. The van der Waals surface area contributed by atoms with E-state index in [0.717, 1.165) is 5.56 Å². The molecular weight excluding hydrogens is 376 g/mol. The molecule has 5 heteroatoms. The van der Waals surface area contributed by atoms with E-state index < -0.39 is 11.8 Å². The van der Waals surface area contributed by atoms with Crippen LogP contribution in [-0.4, -0.2) is 11.8 Å². The lowest BCUT2D eigenvalue weighted by atomic mass is 9.98. The quantitative estimate of drug-likeness (QED) is 0.269. The molecule has 0 aliphatic carbocycles. The first-order valence-corrected chi connectivity index (χ1v) is 9.03. The fourth-order valence-corrected chi connectivity index (χ4v) is 3.03. The second-order valence-corrected chi connectivity index (χ2v) is 6.70. The monoisotopic (exact) mass is 390 g/mol. The SMILES string of the molecule is O=C1Oc2ccc(Cl)cc2C(=O)/C1=C/c1ccc(OCc2ccccc2)cc1. The molecule has 4 rings (SSSR count). The second kappa shape index (κ2) is 7.71. The first-order chi connectivity index (χ1) is 13.6. The van der Waals surface area contributed by atoms with Crippen molar-refractivity contribution in [3.8, 4) is 11.5 Å². The van der Waals surface area contributed by atoms with Gasteiger partial charge < -0.3 is 9.47 Å². The summed E-state index contributed by atoms with van der Waals surface area (Å²) in [7, 11) is 0. The van der Waals surface area contributed by atoms with Gasteiger partial charge in [0.15, 0.2) is 0 Å². The molecule has 1 heterocycles. The van der Waals surface area contributed by atoms with Crippen LogP contribution in [0.3, 0.4) is 0 Å². The Labute approximate surface area is 167 Å². The van der Waals surface area contributed by atoms with Crippen LogP contribution >= 0.6 is 11.6 Å². The Balaban J connectivity index is 1.52. The maximum absolute atomic E-state index is 12.7. The Morgan fingerprint density at radius 2 is 1.68 bits per heavy atom. The summed E-state index contributed by atoms with van der Waals surface area (Å²) in [6, 6.07) is 21.6. The Morgan fingerprint density at radius 1 is 0.929 bits per heavy atom. The van der Waals surface area contributed by atoms with Gasteiger partial charge in [0, 0.05) is 5.02 Å². The highest BCUT2D eigenvalue weighted by atomic mass is 35.5. The number of ether oxygens (including phenoxy) is 2. The number of hydrogen-bond donors (Lipinski definition) is 0. The van der Waals surface area contributed by atoms with E-state index in [1.54, 1.807) is 30.3 Å². The highest BCUT2D eigenvalue weighted by Crippen LogP contribution is 2.31. The lowest BCUT2D eigenvalue weighted by molar-refractivity contribution is -0.130. The van der Waals surface area contributed by atoms with Gasteiger partial charge >= 0.3 is 5.97 Å². The minimum Gasteiger partial charge on any atom is -0.489 e. The Bertz CT molecular complexity index is 1070. The van der Waals surface area contributed by atoms with Crippen molar-refractivity contribution >= 4 is 29.4 Å². The topological polar surface area (TPSA) is 52.6 Å². The van der Waals surface area contributed by atoms with Crippen LogP contribution in [-0.2, 0) is 11.4 Å². The Morgan fingerprint density at radius 3 is 2.43 bits per heavy atom. The standard InChI is InChI=1S/C23H15ClO4/c24-17-8-11-21-19(13-17)22(25)20(23(26)28-21)12-15-6-9-18(10-7-15)27-14-16-4-2-1-3-5-16/h1-13H,14H2/b20-12-. The van der Waals surface area contributed by atoms with Gasteiger partial charge in [-0.3, -0.25) is 4.79 Å². The third-order valence-corrected chi connectivity index (χ3v) is 4.53. The molecule has 28 heavy (non-hydrogen) atoms. The van der Waals surface area contributed by atoms with E-state index in [1.165, 1.54) is 18.2 Å². The molecule has 0 amide bonds. The van der Waals surface area contributed by atoms with Crippen molar-refractivity contribution < 1.29 is 19.1 Å².